The van der Waals surface area contributed by atoms with Crippen LogP contribution >= 0.6 is 0 Å². The molecule has 30 heavy (non-hydrogen) atoms. The van der Waals surface area contributed by atoms with Crippen LogP contribution in [0.3, 0.4) is 0 Å². The number of carbonyl (C=O) groups is 2. The summed E-state index contributed by atoms with van der Waals surface area (Å²) < 4.78 is 53.6. The van der Waals surface area contributed by atoms with Crippen molar-refractivity contribution < 1.29 is 26.8 Å². The molecule has 0 N–H and O–H groups in total. The largest absolute Gasteiger partial charge is 0.340 e. The van der Waals surface area contributed by atoms with Crippen molar-refractivity contribution in [3.05, 3.63) is 29.8 Å². The molecule has 2 heterocycles. The zero-order chi connectivity index (χ0) is 21.5. The predicted molar refractivity (Wildman–Crippen MR) is 104 cm³/mol. The zero-order valence-corrected chi connectivity index (χ0v) is 17.4. The molecule has 0 spiro atoms. The van der Waals surface area contributed by atoms with Crippen LogP contribution in [0, 0.1) is 17.6 Å². The molecule has 1 aliphatic carbocycles. The number of amides is 2. The summed E-state index contributed by atoms with van der Waals surface area (Å²) in [6, 6.07) is 2.60. The highest BCUT2D eigenvalue weighted by molar-refractivity contribution is 7.89. The average Bonchev–Trinajstić information content (AvgIpc) is 3.36. The molecule has 1 atom stereocenters. The van der Waals surface area contributed by atoms with E-state index in [4.69, 9.17) is 0 Å². The third-order valence-corrected chi connectivity index (χ3v) is 8.27. The highest BCUT2D eigenvalue weighted by Crippen LogP contribution is 2.30. The minimum absolute atomic E-state index is 0.0215. The van der Waals surface area contributed by atoms with Crippen molar-refractivity contribution in [3.63, 3.8) is 0 Å². The first-order valence-corrected chi connectivity index (χ1v) is 11.7. The van der Waals surface area contributed by atoms with Gasteiger partial charge >= 0.3 is 0 Å². The zero-order valence-electron chi connectivity index (χ0n) is 16.6. The second kappa shape index (κ2) is 8.22. The van der Waals surface area contributed by atoms with Crippen molar-refractivity contribution in [2.24, 2.45) is 5.92 Å². The first-order valence-electron chi connectivity index (χ1n) is 10.3. The fourth-order valence-corrected chi connectivity index (χ4v) is 6.16. The number of hydrogen-bond donors (Lipinski definition) is 0. The normalized spacial score (nSPS) is 24.1. The Kier molecular flexibility index (Phi) is 5.80. The highest BCUT2D eigenvalue weighted by atomic mass is 32.2. The third-order valence-electron chi connectivity index (χ3n) is 6.34. The Hall–Kier alpha value is -2.07. The van der Waals surface area contributed by atoms with Crippen LogP contribution in [-0.4, -0.2) is 73.1 Å². The molecular weight excluding hydrogens is 416 g/mol. The second-order valence-corrected chi connectivity index (χ2v) is 10.1. The number of rotatable bonds is 4. The van der Waals surface area contributed by atoms with Gasteiger partial charge in [-0.05, 0) is 25.0 Å². The Morgan fingerprint density at radius 1 is 1.03 bits per heavy atom. The smallest absolute Gasteiger partial charge is 0.246 e. The van der Waals surface area contributed by atoms with E-state index < -0.39 is 32.5 Å². The topological polar surface area (TPSA) is 78.0 Å². The van der Waals surface area contributed by atoms with Crippen molar-refractivity contribution in [1.82, 2.24) is 14.1 Å². The van der Waals surface area contributed by atoms with Gasteiger partial charge in [0.2, 0.25) is 21.8 Å². The molecule has 7 nitrogen and oxygen atoms in total. The molecule has 3 fully saturated rings. The summed E-state index contributed by atoms with van der Waals surface area (Å²) in [7, 11) is -4.11. The summed E-state index contributed by atoms with van der Waals surface area (Å²) in [4.78, 5) is 28.1. The number of piperazine rings is 1. The maximum Gasteiger partial charge on any atom is 0.246 e. The van der Waals surface area contributed by atoms with Crippen LogP contribution in [0.2, 0.25) is 0 Å². The van der Waals surface area contributed by atoms with Gasteiger partial charge in [0.25, 0.3) is 0 Å². The van der Waals surface area contributed by atoms with Crippen LogP contribution in [0.25, 0.3) is 0 Å². The first-order chi connectivity index (χ1) is 14.3. The molecule has 1 unspecified atom stereocenters. The molecule has 2 saturated heterocycles. The van der Waals surface area contributed by atoms with Gasteiger partial charge in [-0.1, -0.05) is 12.8 Å². The molecular formula is C20H25F2N3O4S. The maximum absolute atomic E-state index is 14.0. The lowest BCUT2D eigenvalue weighted by molar-refractivity contribution is -0.137. The van der Waals surface area contributed by atoms with E-state index in [-0.39, 0.29) is 50.5 Å². The fourth-order valence-electron chi connectivity index (χ4n) is 4.70. The van der Waals surface area contributed by atoms with Gasteiger partial charge in [-0.25, -0.2) is 17.2 Å². The number of carbonyl (C=O) groups excluding carboxylic acids is 2. The van der Waals surface area contributed by atoms with E-state index in [9.17, 15) is 26.8 Å². The van der Waals surface area contributed by atoms with Crippen molar-refractivity contribution in [3.8, 4) is 0 Å². The standard InChI is InChI=1S/C20H25F2N3O4S/c21-15-5-6-18(17(22)12-15)30(28,29)24-9-7-23(8-10-24)20(27)14-11-19(26)25(13-14)16-3-1-2-4-16/h5-6,12,14,16H,1-4,7-11,13H2. The quantitative estimate of drug-likeness (QED) is 0.711. The molecule has 1 saturated carbocycles. The Balaban J connectivity index is 1.37. The number of likely N-dealkylation sites (tertiary alicyclic amines) is 1. The van der Waals surface area contributed by atoms with Crippen LogP contribution in [0.5, 0.6) is 0 Å². The molecule has 3 aliphatic rings. The van der Waals surface area contributed by atoms with E-state index >= 15 is 0 Å². The van der Waals surface area contributed by atoms with Crippen molar-refractivity contribution in [1.29, 1.82) is 0 Å². The lowest BCUT2D eigenvalue weighted by Gasteiger charge is -2.35. The van der Waals surface area contributed by atoms with Crippen LogP contribution in [0.15, 0.2) is 23.1 Å². The van der Waals surface area contributed by atoms with Gasteiger partial charge in [-0.3, -0.25) is 9.59 Å². The van der Waals surface area contributed by atoms with Crippen LogP contribution in [0.4, 0.5) is 8.78 Å². The van der Waals surface area contributed by atoms with E-state index in [1.807, 2.05) is 4.90 Å². The molecule has 0 aromatic heterocycles. The Morgan fingerprint density at radius 3 is 2.33 bits per heavy atom. The summed E-state index contributed by atoms with van der Waals surface area (Å²) in [5.74, 6) is -2.48. The van der Waals surface area contributed by atoms with Gasteiger partial charge in [-0.15, -0.1) is 0 Å². The number of halogens is 2. The molecule has 2 aliphatic heterocycles. The van der Waals surface area contributed by atoms with Crippen LogP contribution in [-0.2, 0) is 19.6 Å². The molecule has 10 heteroatoms. The molecule has 2 amide bonds. The summed E-state index contributed by atoms with van der Waals surface area (Å²) >= 11 is 0. The van der Waals surface area contributed by atoms with E-state index in [0.717, 1.165) is 42.1 Å². The van der Waals surface area contributed by atoms with Gasteiger partial charge in [0.05, 0.1) is 5.92 Å². The maximum atomic E-state index is 14.0. The van der Waals surface area contributed by atoms with Crippen LogP contribution < -0.4 is 0 Å². The molecule has 1 aromatic carbocycles. The third kappa shape index (κ3) is 3.94. The van der Waals surface area contributed by atoms with E-state index in [2.05, 4.69) is 0 Å². The molecule has 0 bridgehead atoms. The number of hydrogen-bond acceptors (Lipinski definition) is 4. The van der Waals surface area contributed by atoms with E-state index in [0.29, 0.717) is 12.6 Å². The SMILES string of the molecule is O=C(C1CC(=O)N(C2CCCC2)C1)N1CCN(S(=O)(=O)c2ccc(F)cc2F)CC1. The van der Waals surface area contributed by atoms with E-state index in [1.54, 1.807) is 4.90 Å². The van der Waals surface area contributed by atoms with Gasteiger partial charge in [0.15, 0.2) is 0 Å². The highest BCUT2D eigenvalue weighted by Gasteiger charge is 2.41. The van der Waals surface area contributed by atoms with Crippen molar-refractivity contribution in [2.75, 3.05) is 32.7 Å². The lowest BCUT2D eigenvalue weighted by Crippen LogP contribution is -2.52. The van der Waals surface area contributed by atoms with Gasteiger partial charge in [-0.2, -0.15) is 4.31 Å². The predicted octanol–water partition coefficient (Wildman–Crippen LogP) is 1.59. The molecule has 0 radical (unpaired) electrons. The van der Waals surface area contributed by atoms with Gasteiger partial charge in [0, 0.05) is 51.3 Å². The summed E-state index contributed by atoms with van der Waals surface area (Å²) in [6.45, 7) is 0.835. The number of benzene rings is 1. The van der Waals surface area contributed by atoms with Crippen molar-refractivity contribution in [2.45, 2.75) is 43.0 Å². The average molecular weight is 442 g/mol. The number of sulfonamides is 1. The molecule has 1 aromatic rings. The van der Waals surface area contributed by atoms with Crippen LogP contribution in [0.1, 0.15) is 32.1 Å². The summed E-state index contributed by atoms with van der Waals surface area (Å²) in [6.07, 6.45) is 4.40. The first kappa shape index (κ1) is 21.2. The summed E-state index contributed by atoms with van der Waals surface area (Å²) in [5.41, 5.74) is 0. The number of nitrogens with zero attached hydrogens (tertiary/aromatic N) is 3. The van der Waals surface area contributed by atoms with Gasteiger partial charge in [0.1, 0.15) is 16.5 Å². The summed E-state index contributed by atoms with van der Waals surface area (Å²) in [5, 5.41) is 0. The Morgan fingerprint density at radius 2 is 1.70 bits per heavy atom. The minimum atomic E-state index is -4.11. The minimum Gasteiger partial charge on any atom is -0.340 e. The lowest BCUT2D eigenvalue weighted by atomic mass is 10.1. The second-order valence-electron chi connectivity index (χ2n) is 8.19. The Labute approximate surface area is 174 Å². The van der Waals surface area contributed by atoms with Crippen molar-refractivity contribution >= 4 is 21.8 Å². The Bertz CT molecular complexity index is 941. The monoisotopic (exact) mass is 441 g/mol. The molecule has 164 valence electrons. The van der Waals surface area contributed by atoms with Gasteiger partial charge < -0.3 is 9.80 Å². The van der Waals surface area contributed by atoms with E-state index in [1.165, 1.54) is 0 Å². The molecule has 4 rings (SSSR count). The fraction of sp³-hybridized carbons (Fsp3) is 0.600.